The topological polar surface area (TPSA) is 40.5 Å². The predicted octanol–water partition coefficient (Wildman–Crippen LogP) is 6.89. The molecule has 5 aliphatic rings. The molecule has 0 aromatic rings. The van der Waals surface area contributed by atoms with Crippen LogP contribution in [0.4, 0.5) is 0 Å². The molecule has 0 heterocycles. The lowest BCUT2D eigenvalue weighted by Crippen LogP contribution is -2.52. The summed E-state index contributed by atoms with van der Waals surface area (Å²) in [4.78, 5) is 0. The lowest BCUT2D eigenvalue weighted by molar-refractivity contribution is -0.0712. The van der Waals surface area contributed by atoms with Crippen molar-refractivity contribution in [2.75, 3.05) is 0 Å². The number of aliphatic hydroxyl groups excluding tert-OH is 1. The Bertz CT molecular complexity index is 706. The average Bonchev–Trinajstić information content (AvgIpc) is 3.02. The van der Waals surface area contributed by atoms with Crippen LogP contribution in [0.25, 0.3) is 0 Å². The largest absolute Gasteiger partial charge is 0.393 e. The minimum absolute atomic E-state index is 0.0395. The fourth-order valence-corrected chi connectivity index (χ4v) is 9.47. The van der Waals surface area contributed by atoms with Crippen molar-refractivity contribution in [1.29, 1.82) is 0 Å². The molecule has 0 aromatic heterocycles. The van der Waals surface area contributed by atoms with E-state index in [1.807, 2.05) is 6.92 Å². The maximum absolute atomic E-state index is 10.7. The smallest absolute Gasteiger partial charge is 0.0657 e. The molecule has 0 saturated heterocycles. The molecule has 31 heavy (non-hydrogen) atoms. The fourth-order valence-electron chi connectivity index (χ4n) is 9.47. The van der Waals surface area contributed by atoms with Gasteiger partial charge in [-0.25, -0.2) is 0 Å². The third kappa shape index (κ3) is 3.67. The van der Waals surface area contributed by atoms with Crippen molar-refractivity contribution >= 4 is 0 Å². The van der Waals surface area contributed by atoms with Crippen LogP contribution in [-0.2, 0) is 0 Å². The van der Waals surface area contributed by atoms with E-state index in [2.05, 4.69) is 26.8 Å². The van der Waals surface area contributed by atoms with Gasteiger partial charge < -0.3 is 10.2 Å². The molecule has 1 unspecified atom stereocenters. The monoisotopic (exact) mass is 428 g/mol. The molecule has 5 aliphatic carbocycles. The minimum Gasteiger partial charge on any atom is -0.393 e. The van der Waals surface area contributed by atoms with Gasteiger partial charge in [-0.2, -0.15) is 0 Å². The van der Waals surface area contributed by atoms with Crippen molar-refractivity contribution in [2.24, 2.45) is 46.3 Å². The zero-order valence-electron chi connectivity index (χ0n) is 20.7. The summed E-state index contributed by atoms with van der Waals surface area (Å²) in [6.07, 6.45) is 18.5. The maximum Gasteiger partial charge on any atom is 0.0657 e. The highest BCUT2D eigenvalue weighted by Gasteiger charge is 2.59. The van der Waals surface area contributed by atoms with Gasteiger partial charge in [0.25, 0.3) is 0 Å². The minimum atomic E-state index is -0.487. The Kier molecular flexibility index (Phi) is 5.70. The second kappa shape index (κ2) is 7.86. The molecule has 0 aromatic carbocycles. The first kappa shape index (κ1) is 22.5. The Morgan fingerprint density at radius 2 is 1.74 bits per heavy atom. The number of hydrogen-bond acceptors (Lipinski definition) is 2. The second-order valence-electron chi connectivity index (χ2n) is 13.5. The first-order valence-corrected chi connectivity index (χ1v) is 13.7. The van der Waals surface area contributed by atoms with Crippen LogP contribution < -0.4 is 0 Å². The summed E-state index contributed by atoms with van der Waals surface area (Å²) in [6.45, 7) is 9.74. The van der Waals surface area contributed by atoms with Gasteiger partial charge in [-0.05, 0) is 130 Å². The van der Waals surface area contributed by atoms with Crippen LogP contribution in [0, 0.1) is 46.3 Å². The summed E-state index contributed by atoms with van der Waals surface area (Å²) in [5.41, 5.74) is 1.94. The molecule has 5 rings (SSSR count). The summed E-state index contributed by atoms with van der Waals surface area (Å²) in [5, 5.41) is 21.3. The SMILES string of the molecule is C[C@H](CCC(O)C1CCC1)[C@H]1CC[C@H]2[C@@H]3CC=C4C[C@@](C)(O)CC[C@]4(C)[C@H]3CC[C@]12C. The lowest BCUT2D eigenvalue weighted by atomic mass is 9.46. The van der Waals surface area contributed by atoms with Crippen molar-refractivity contribution in [3.63, 3.8) is 0 Å². The van der Waals surface area contributed by atoms with E-state index < -0.39 is 5.60 Å². The highest BCUT2D eigenvalue weighted by Crippen LogP contribution is 2.67. The molecule has 2 nitrogen and oxygen atoms in total. The van der Waals surface area contributed by atoms with Gasteiger partial charge in [-0.1, -0.05) is 38.8 Å². The molecule has 0 radical (unpaired) electrons. The molecule has 176 valence electrons. The van der Waals surface area contributed by atoms with E-state index in [0.717, 1.165) is 48.9 Å². The number of fused-ring (bicyclic) bond motifs is 5. The summed E-state index contributed by atoms with van der Waals surface area (Å²) in [7, 11) is 0. The number of aliphatic hydroxyl groups is 2. The van der Waals surface area contributed by atoms with Crippen LogP contribution in [0.2, 0.25) is 0 Å². The third-order valence-electron chi connectivity index (χ3n) is 11.8. The number of rotatable bonds is 5. The highest BCUT2D eigenvalue weighted by atomic mass is 16.3. The van der Waals surface area contributed by atoms with Crippen LogP contribution >= 0.6 is 0 Å². The first-order chi connectivity index (χ1) is 14.6. The Morgan fingerprint density at radius 1 is 0.968 bits per heavy atom. The highest BCUT2D eigenvalue weighted by molar-refractivity contribution is 5.26. The second-order valence-corrected chi connectivity index (χ2v) is 13.5. The standard InChI is InChI=1S/C29H48O2/c1-19(8-13-26(30)20-6-5-7-20)23-11-12-24-22-10-9-21-18-27(2,31)16-17-28(21,3)25(22)14-15-29(23,24)4/h9,19-20,22-26,30-31H,5-8,10-18H2,1-4H3/t19-,22+,23-,24+,25+,26?,27+,28+,29-/m1/s1. The summed E-state index contributed by atoms with van der Waals surface area (Å²) in [5.74, 6) is 4.76. The quantitative estimate of drug-likeness (QED) is 0.468. The molecule has 0 amide bonds. The van der Waals surface area contributed by atoms with Crippen molar-refractivity contribution in [3.05, 3.63) is 11.6 Å². The Balaban J connectivity index is 1.28. The van der Waals surface area contributed by atoms with Crippen molar-refractivity contribution in [1.82, 2.24) is 0 Å². The van der Waals surface area contributed by atoms with Crippen LogP contribution in [0.15, 0.2) is 11.6 Å². The van der Waals surface area contributed by atoms with Crippen molar-refractivity contribution in [3.8, 4) is 0 Å². The Morgan fingerprint density at radius 3 is 2.45 bits per heavy atom. The van der Waals surface area contributed by atoms with Gasteiger partial charge >= 0.3 is 0 Å². The fraction of sp³-hybridized carbons (Fsp3) is 0.931. The van der Waals surface area contributed by atoms with E-state index in [4.69, 9.17) is 0 Å². The van der Waals surface area contributed by atoms with Gasteiger partial charge in [0.1, 0.15) is 0 Å². The Labute approximate surface area is 191 Å². The van der Waals surface area contributed by atoms with Crippen LogP contribution in [0.3, 0.4) is 0 Å². The third-order valence-corrected chi connectivity index (χ3v) is 11.8. The molecular formula is C29H48O2. The van der Waals surface area contributed by atoms with Crippen LogP contribution in [0.1, 0.15) is 111 Å². The molecule has 0 aliphatic heterocycles. The zero-order chi connectivity index (χ0) is 22.0. The molecule has 4 fully saturated rings. The van der Waals surface area contributed by atoms with Crippen molar-refractivity contribution in [2.45, 2.75) is 123 Å². The summed E-state index contributed by atoms with van der Waals surface area (Å²) in [6, 6.07) is 0. The molecule has 0 bridgehead atoms. The van der Waals surface area contributed by atoms with E-state index in [1.165, 1.54) is 64.2 Å². The zero-order valence-corrected chi connectivity index (χ0v) is 20.7. The van der Waals surface area contributed by atoms with Gasteiger partial charge in [0.05, 0.1) is 11.7 Å². The van der Waals surface area contributed by atoms with Crippen LogP contribution in [-0.4, -0.2) is 21.9 Å². The molecule has 2 N–H and O–H groups in total. The molecular weight excluding hydrogens is 380 g/mol. The predicted molar refractivity (Wildman–Crippen MR) is 128 cm³/mol. The first-order valence-electron chi connectivity index (χ1n) is 13.7. The maximum atomic E-state index is 10.7. The number of allylic oxidation sites excluding steroid dienone is 1. The number of hydrogen-bond donors (Lipinski definition) is 2. The van der Waals surface area contributed by atoms with Gasteiger partial charge in [0.2, 0.25) is 0 Å². The lowest BCUT2D eigenvalue weighted by Gasteiger charge is -2.59. The van der Waals surface area contributed by atoms with E-state index in [0.29, 0.717) is 16.7 Å². The molecule has 0 spiro atoms. The van der Waals surface area contributed by atoms with E-state index in [9.17, 15) is 10.2 Å². The van der Waals surface area contributed by atoms with E-state index in [-0.39, 0.29) is 6.10 Å². The van der Waals surface area contributed by atoms with E-state index >= 15 is 0 Å². The van der Waals surface area contributed by atoms with Gasteiger partial charge in [-0.15, -0.1) is 0 Å². The van der Waals surface area contributed by atoms with E-state index in [1.54, 1.807) is 5.57 Å². The summed E-state index contributed by atoms with van der Waals surface area (Å²) >= 11 is 0. The molecule has 9 atom stereocenters. The van der Waals surface area contributed by atoms with Crippen molar-refractivity contribution < 1.29 is 10.2 Å². The normalized spacial score (nSPS) is 49.3. The average molecular weight is 429 g/mol. The summed E-state index contributed by atoms with van der Waals surface area (Å²) < 4.78 is 0. The van der Waals surface area contributed by atoms with Gasteiger partial charge in [0.15, 0.2) is 0 Å². The molecule has 2 heteroatoms. The van der Waals surface area contributed by atoms with Gasteiger partial charge in [-0.3, -0.25) is 0 Å². The van der Waals surface area contributed by atoms with Crippen LogP contribution in [0.5, 0.6) is 0 Å². The Hall–Kier alpha value is -0.340. The van der Waals surface area contributed by atoms with Gasteiger partial charge in [0, 0.05) is 0 Å². The molecule has 4 saturated carbocycles.